The lowest BCUT2D eigenvalue weighted by Crippen LogP contribution is -2.46. The first kappa shape index (κ1) is 23.6. The topological polar surface area (TPSA) is 105 Å². The maximum absolute atomic E-state index is 13.2. The lowest BCUT2D eigenvalue weighted by atomic mass is 10.2. The normalized spacial score (nSPS) is 15.2. The van der Waals surface area contributed by atoms with Crippen LogP contribution in [0, 0.1) is 5.82 Å². The number of fused-ring (bicyclic) bond motifs is 1. The van der Waals surface area contributed by atoms with Gasteiger partial charge in [0.1, 0.15) is 23.2 Å². The zero-order valence-corrected chi connectivity index (χ0v) is 20.2. The van der Waals surface area contributed by atoms with Gasteiger partial charge in [0.25, 0.3) is 0 Å². The van der Waals surface area contributed by atoms with Crippen LogP contribution in [0.4, 0.5) is 15.3 Å². The third kappa shape index (κ3) is 4.96. The van der Waals surface area contributed by atoms with Gasteiger partial charge in [0.05, 0.1) is 22.9 Å². The molecule has 0 bridgehead atoms. The highest BCUT2D eigenvalue weighted by atomic mass is 32.1. The number of hydrogen-bond donors (Lipinski definition) is 2. The molecule has 184 valence electrons. The molecule has 5 rings (SSSR count). The summed E-state index contributed by atoms with van der Waals surface area (Å²) in [6, 6.07) is 7.71. The lowest BCUT2D eigenvalue weighted by Gasteiger charge is -2.22. The Kier molecular flexibility index (Phi) is 6.72. The first-order valence-electron chi connectivity index (χ1n) is 11.5. The van der Waals surface area contributed by atoms with Gasteiger partial charge in [0, 0.05) is 31.9 Å². The summed E-state index contributed by atoms with van der Waals surface area (Å²) in [6.45, 7) is 5.00. The minimum Gasteiger partial charge on any atom is -0.353 e. The van der Waals surface area contributed by atoms with Gasteiger partial charge in [-0.2, -0.15) is 0 Å². The number of imidazole rings is 1. The predicted molar refractivity (Wildman–Crippen MR) is 136 cm³/mol. The number of benzene rings is 1. The molecule has 3 aromatic heterocycles. The first-order chi connectivity index (χ1) is 17.5. The van der Waals surface area contributed by atoms with Gasteiger partial charge >= 0.3 is 0 Å². The van der Waals surface area contributed by atoms with E-state index in [-0.39, 0.29) is 17.6 Å². The van der Waals surface area contributed by atoms with Crippen molar-refractivity contribution in [1.82, 2.24) is 29.7 Å². The van der Waals surface area contributed by atoms with Crippen molar-refractivity contribution in [3.8, 4) is 10.4 Å². The van der Waals surface area contributed by atoms with Crippen LogP contribution < -0.4 is 10.6 Å². The lowest BCUT2D eigenvalue weighted by molar-refractivity contribution is -0.135. The number of carbonyl (C=O) groups is 2. The Morgan fingerprint density at radius 2 is 2.03 bits per heavy atom. The van der Waals surface area contributed by atoms with E-state index >= 15 is 0 Å². The van der Waals surface area contributed by atoms with Crippen molar-refractivity contribution in [2.45, 2.75) is 25.4 Å². The minimum absolute atomic E-state index is 0.156. The van der Waals surface area contributed by atoms with Crippen molar-refractivity contribution in [2.24, 2.45) is 0 Å². The highest BCUT2D eigenvalue weighted by Gasteiger charge is 2.32. The summed E-state index contributed by atoms with van der Waals surface area (Å²) in [5, 5.41) is 6.81. The number of nitrogens with one attached hydrogen (secondary N) is 2. The van der Waals surface area contributed by atoms with Crippen LogP contribution in [0.3, 0.4) is 0 Å². The molecule has 1 aliphatic heterocycles. The maximum atomic E-state index is 13.2. The number of rotatable bonds is 8. The molecule has 1 aromatic carbocycles. The van der Waals surface area contributed by atoms with Gasteiger partial charge in [-0.05, 0) is 36.6 Å². The molecule has 36 heavy (non-hydrogen) atoms. The van der Waals surface area contributed by atoms with Crippen LogP contribution in [0.15, 0.2) is 61.7 Å². The van der Waals surface area contributed by atoms with E-state index in [1.54, 1.807) is 35.8 Å². The molecule has 4 heterocycles. The van der Waals surface area contributed by atoms with Gasteiger partial charge in [-0.25, -0.2) is 19.3 Å². The van der Waals surface area contributed by atoms with Gasteiger partial charge in [-0.3, -0.25) is 9.59 Å². The van der Waals surface area contributed by atoms with Crippen LogP contribution >= 0.6 is 11.3 Å². The van der Waals surface area contributed by atoms with Crippen molar-refractivity contribution < 1.29 is 14.0 Å². The monoisotopic (exact) mass is 505 g/mol. The molecule has 0 spiro atoms. The summed E-state index contributed by atoms with van der Waals surface area (Å²) < 4.78 is 15.1. The van der Waals surface area contributed by atoms with Crippen LogP contribution in [0.2, 0.25) is 0 Å². The number of carbonyl (C=O) groups excluding carboxylic acids is 2. The third-order valence-electron chi connectivity index (χ3n) is 6.04. The van der Waals surface area contributed by atoms with E-state index in [0.29, 0.717) is 37.0 Å². The predicted octanol–water partition coefficient (Wildman–Crippen LogP) is 3.73. The van der Waals surface area contributed by atoms with E-state index in [1.165, 1.54) is 29.5 Å². The quantitative estimate of drug-likeness (QED) is 0.354. The Labute approximate surface area is 210 Å². The second kappa shape index (κ2) is 10.2. The smallest absolute Gasteiger partial charge is 0.246 e. The molecule has 1 saturated heterocycles. The number of aromatic nitrogens is 4. The van der Waals surface area contributed by atoms with Gasteiger partial charge in [-0.15, -0.1) is 0 Å². The Morgan fingerprint density at radius 1 is 1.19 bits per heavy atom. The summed E-state index contributed by atoms with van der Waals surface area (Å²) in [6.07, 6.45) is 7.83. The summed E-state index contributed by atoms with van der Waals surface area (Å²) in [4.78, 5) is 40.3. The molecular formula is C25H24FN7O2S. The molecule has 1 fully saturated rings. The fraction of sp³-hybridized carbons (Fsp3) is 0.240. The molecule has 11 heteroatoms. The number of hydrogen-bond acceptors (Lipinski definition) is 7. The standard InChI is InChI=1S/C25H24FN7O2S/c1-2-23(34)33-10-3-4-19(33)24(35)27-9-11-32-15-30-18-13-28-22(12-20(18)32)31-25-29-14-21(36-25)16-5-7-17(26)8-6-16/h2,5-8,12-15,19H,1,3-4,9-11H2,(H,27,35)(H,28,29,31). The Morgan fingerprint density at radius 3 is 2.83 bits per heavy atom. The number of likely N-dealkylation sites (tertiary alicyclic amines) is 1. The number of amides is 2. The van der Waals surface area contributed by atoms with Crippen LogP contribution in [-0.2, 0) is 16.1 Å². The van der Waals surface area contributed by atoms with Gasteiger partial charge in [-0.1, -0.05) is 30.0 Å². The maximum Gasteiger partial charge on any atom is 0.246 e. The largest absolute Gasteiger partial charge is 0.353 e. The zero-order chi connectivity index (χ0) is 25.1. The Hall–Kier alpha value is -4.12. The van der Waals surface area contributed by atoms with Crippen LogP contribution in [0.5, 0.6) is 0 Å². The average Bonchev–Trinajstić information content (AvgIpc) is 3.64. The van der Waals surface area contributed by atoms with E-state index in [4.69, 9.17) is 0 Å². The average molecular weight is 506 g/mol. The van der Waals surface area contributed by atoms with E-state index < -0.39 is 6.04 Å². The fourth-order valence-corrected chi connectivity index (χ4v) is 5.06. The van der Waals surface area contributed by atoms with Crippen LogP contribution in [0.25, 0.3) is 21.5 Å². The van der Waals surface area contributed by atoms with Crippen LogP contribution in [0.1, 0.15) is 12.8 Å². The van der Waals surface area contributed by atoms with E-state index in [2.05, 4.69) is 32.2 Å². The number of pyridine rings is 1. The molecule has 1 atom stereocenters. The van der Waals surface area contributed by atoms with Crippen molar-refractivity contribution in [1.29, 1.82) is 0 Å². The number of halogens is 1. The second-order valence-corrected chi connectivity index (χ2v) is 9.37. The molecule has 0 radical (unpaired) electrons. The molecule has 0 aliphatic carbocycles. The number of thiazole rings is 1. The van der Waals surface area contributed by atoms with Crippen molar-refractivity contribution >= 4 is 45.1 Å². The highest BCUT2D eigenvalue weighted by molar-refractivity contribution is 7.18. The van der Waals surface area contributed by atoms with Crippen molar-refractivity contribution in [2.75, 3.05) is 18.4 Å². The first-order valence-corrected chi connectivity index (χ1v) is 12.3. The molecule has 4 aromatic rings. The summed E-state index contributed by atoms with van der Waals surface area (Å²) in [5.74, 6) is -0.0425. The third-order valence-corrected chi connectivity index (χ3v) is 7.00. The van der Waals surface area contributed by atoms with Gasteiger partial charge in [0.2, 0.25) is 11.8 Å². The van der Waals surface area contributed by atoms with Crippen molar-refractivity contribution in [3.63, 3.8) is 0 Å². The SMILES string of the molecule is C=CC(=O)N1CCCC1C(=O)NCCn1cnc2cnc(Nc3ncc(-c4ccc(F)cc4)s3)cc21. The van der Waals surface area contributed by atoms with E-state index in [1.807, 2.05) is 10.6 Å². The number of nitrogens with zero attached hydrogens (tertiary/aromatic N) is 5. The molecule has 0 saturated carbocycles. The zero-order valence-electron chi connectivity index (χ0n) is 19.4. The molecule has 9 nitrogen and oxygen atoms in total. The molecular weight excluding hydrogens is 481 g/mol. The van der Waals surface area contributed by atoms with Gasteiger partial charge < -0.3 is 20.1 Å². The van der Waals surface area contributed by atoms with Crippen molar-refractivity contribution in [3.05, 3.63) is 67.5 Å². The van der Waals surface area contributed by atoms with E-state index in [0.717, 1.165) is 27.9 Å². The Balaban J connectivity index is 1.23. The number of anilines is 2. The van der Waals surface area contributed by atoms with E-state index in [9.17, 15) is 14.0 Å². The minimum atomic E-state index is -0.451. The summed E-state index contributed by atoms with van der Waals surface area (Å²) in [7, 11) is 0. The Bertz CT molecular complexity index is 1420. The highest BCUT2D eigenvalue weighted by Crippen LogP contribution is 2.30. The molecule has 1 aliphatic rings. The van der Waals surface area contributed by atoms with Gasteiger partial charge in [0.15, 0.2) is 5.13 Å². The molecule has 2 N–H and O–H groups in total. The summed E-state index contributed by atoms with van der Waals surface area (Å²) in [5.41, 5.74) is 2.48. The van der Waals surface area contributed by atoms with Crippen LogP contribution in [-0.4, -0.2) is 55.4 Å². The molecule has 2 amide bonds. The fourth-order valence-electron chi connectivity index (χ4n) is 4.23. The second-order valence-electron chi connectivity index (χ2n) is 8.34. The molecule has 1 unspecified atom stereocenters. The summed E-state index contributed by atoms with van der Waals surface area (Å²) >= 11 is 1.44.